The highest BCUT2D eigenvalue weighted by Gasteiger charge is 2.22. The lowest BCUT2D eigenvalue weighted by atomic mass is 10.1. The molecular formula is C12H19N3S. The number of hydrogen-bond acceptors (Lipinski definition) is 3. The standard InChI is InChI=1S/C12H19N3S/c13-11-4-1-5-15-8-9(14-12(11)15)7-10-3-2-6-16-10/h8,10-11H,1-7,13H2. The van der Waals surface area contributed by atoms with Gasteiger partial charge in [0.2, 0.25) is 0 Å². The molecule has 2 atom stereocenters. The molecule has 2 aliphatic rings. The average Bonchev–Trinajstić information content (AvgIpc) is 2.88. The van der Waals surface area contributed by atoms with Crippen molar-refractivity contribution in [1.29, 1.82) is 0 Å². The molecule has 1 fully saturated rings. The minimum atomic E-state index is 0.165. The zero-order chi connectivity index (χ0) is 11.0. The molecule has 3 nitrogen and oxygen atoms in total. The van der Waals surface area contributed by atoms with Crippen LogP contribution in [0.15, 0.2) is 6.20 Å². The Kier molecular flexibility index (Phi) is 2.94. The molecular weight excluding hydrogens is 218 g/mol. The summed E-state index contributed by atoms with van der Waals surface area (Å²) in [6, 6.07) is 0.165. The first-order chi connectivity index (χ1) is 7.83. The summed E-state index contributed by atoms with van der Waals surface area (Å²) in [7, 11) is 0. The number of aromatic nitrogens is 2. The lowest BCUT2D eigenvalue weighted by Crippen LogP contribution is -2.21. The van der Waals surface area contributed by atoms with E-state index in [9.17, 15) is 0 Å². The lowest BCUT2D eigenvalue weighted by molar-refractivity contribution is 0.451. The molecule has 1 saturated heterocycles. The van der Waals surface area contributed by atoms with E-state index in [-0.39, 0.29) is 6.04 Å². The number of imidazole rings is 1. The van der Waals surface area contributed by atoms with Crippen LogP contribution in [0.25, 0.3) is 0 Å². The normalized spacial score (nSPS) is 29.3. The molecule has 0 spiro atoms. The van der Waals surface area contributed by atoms with E-state index in [1.165, 1.54) is 30.7 Å². The van der Waals surface area contributed by atoms with Crippen LogP contribution in [-0.4, -0.2) is 20.6 Å². The number of nitrogens with zero attached hydrogens (tertiary/aromatic N) is 2. The summed E-state index contributed by atoms with van der Waals surface area (Å²) < 4.78 is 2.27. The Bertz CT molecular complexity index is 368. The largest absolute Gasteiger partial charge is 0.333 e. The Balaban J connectivity index is 1.75. The maximum Gasteiger partial charge on any atom is 0.125 e. The molecule has 4 heteroatoms. The monoisotopic (exact) mass is 237 g/mol. The summed E-state index contributed by atoms with van der Waals surface area (Å²) in [4.78, 5) is 4.72. The van der Waals surface area contributed by atoms with Gasteiger partial charge < -0.3 is 10.3 Å². The number of thioether (sulfide) groups is 1. The van der Waals surface area contributed by atoms with Gasteiger partial charge in [-0.25, -0.2) is 4.98 Å². The molecule has 2 N–H and O–H groups in total. The number of fused-ring (bicyclic) bond motifs is 1. The van der Waals surface area contributed by atoms with Gasteiger partial charge in [-0.15, -0.1) is 0 Å². The van der Waals surface area contributed by atoms with Crippen LogP contribution in [0.4, 0.5) is 0 Å². The summed E-state index contributed by atoms with van der Waals surface area (Å²) in [6.07, 6.45) is 8.39. The molecule has 2 aliphatic heterocycles. The molecule has 3 heterocycles. The van der Waals surface area contributed by atoms with Crippen molar-refractivity contribution in [2.75, 3.05) is 5.75 Å². The quantitative estimate of drug-likeness (QED) is 0.857. The highest BCUT2D eigenvalue weighted by molar-refractivity contribution is 8.00. The number of nitrogens with two attached hydrogens (primary N) is 1. The number of hydrogen-bond donors (Lipinski definition) is 1. The summed E-state index contributed by atoms with van der Waals surface area (Å²) >= 11 is 2.10. The number of aryl methyl sites for hydroxylation is 1. The molecule has 0 aromatic carbocycles. The van der Waals surface area contributed by atoms with Crippen LogP contribution in [0.3, 0.4) is 0 Å². The van der Waals surface area contributed by atoms with Crippen LogP contribution in [0.1, 0.15) is 43.2 Å². The van der Waals surface area contributed by atoms with Gasteiger partial charge in [0.25, 0.3) is 0 Å². The molecule has 16 heavy (non-hydrogen) atoms. The minimum absolute atomic E-state index is 0.165. The smallest absolute Gasteiger partial charge is 0.125 e. The highest BCUT2D eigenvalue weighted by atomic mass is 32.2. The predicted molar refractivity (Wildman–Crippen MR) is 67.6 cm³/mol. The van der Waals surface area contributed by atoms with Gasteiger partial charge in [-0.3, -0.25) is 0 Å². The van der Waals surface area contributed by atoms with E-state index >= 15 is 0 Å². The average molecular weight is 237 g/mol. The van der Waals surface area contributed by atoms with Crippen LogP contribution in [-0.2, 0) is 13.0 Å². The summed E-state index contributed by atoms with van der Waals surface area (Å²) in [6.45, 7) is 1.11. The minimum Gasteiger partial charge on any atom is -0.333 e. The Hall–Kier alpha value is -0.480. The van der Waals surface area contributed by atoms with E-state index in [1.54, 1.807) is 0 Å². The first-order valence-corrected chi connectivity index (χ1v) is 7.31. The molecule has 0 radical (unpaired) electrons. The Morgan fingerprint density at radius 2 is 2.38 bits per heavy atom. The second kappa shape index (κ2) is 4.41. The van der Waals surface area contributed by atoms with Gasteiger partial charge in [-0.05, 0) is 31.4 Å². The van der Waals surface area contributed by atoms with Crippen molar-refractivity contribution in [3.8, 4) is 0 Å². The zero-order valence-electron chi connectivity index (χ0n) is 9.56. The van der Waals surface area contributed by atoms with E-state index in [1.807, 2.05) is 0 Å². The molecule has 0 saturated carbocycles. The fraction of sp³-hybridized carbons (Fsp3) is 0.750. The summed E-state index contributed by atoms with van der Waals surface area (Å²) in [5.74, 6) is 2.45. The fourth-order valence-electron chi connectivity index (χ4n) is 2.71. The molecule has 88 valence electrons. The summed E-state index contributed by atoms with van der Waals surface area (Å²) in [5, 5.41) is 0.799. The first kappa shape index (κ1) is 10.7. The van der Waals surface area contributed by atoms with Crippen molar-refractivity contribution >= 4 is 11.8 Å². The summed E-state index contributed by atoms with van der Waals surface area (Å²) in [5.41, 5.74) is 7.34. The molecule has 1 aromatic heterocycles. The van der Waals surface area contributed by atoms with Crippen molar-refractivity contribution in [3.63, 3.8) is 0 Å². The molecule has 0 bridgehead atoms. The van der Waals surface area contributed by atoms with Crippen molar-refractivity contribution in [2.45, 2.75) is 49.9 Å². The zero-order valence-corrected chi connectivity index (χ0v) is 10.4. The molecule has 0 amide bonds. The van der Waals surface area contributed by atoms with Crippen LogP contribution >= 0.6 is 11.8 Å². The third-order valence-electron chi connectivity index (χ3n) is 3.56. The van der Waals surface area contributed by atoms with Crippen molar-refractivity contribution in [2.24, 2.45) is 5.73 Å². The molecule has 1 aromatic rings. The van der Waals surface area contributed by atoms with Crippen LogP contribution in [0.5, 0.6) is 0 Å². The SMILES string of the molecule is NC1CCCn2cc(CC3CCCS3)nc21. The highest BCUT2D eigenvalue weighted by Crippen LogP contribution is 2.30. The topological polar surface area (TPSA) is 43.8 Å². The van der Waals surface area contributed by atoms with E-state index < -0.39 is 0 Å². The van der Waals surface area contributed by atoms with Gasteiger partial charge in [0.05, 0.1) is 11.7 Å². The van der Waals surface area contributed by atoms with Crippen LogP contribution < -0.4 is 5.73 Å². The Labute approximate surface area is 101 Å². The third-order valence-corrected chi connectivity index (χ3v) is 4.96. The maximum absolute atomic E-state index is 6.08. The van der Waals surface area contributed by atoms with Gasteiger partial charge in [0, 0.05) is 24.4 Å². The van der Waals surface area contributed by atoms with Crippen molar-refractivity contribution in [3.05, 3.63) is 17.7 Å². The predicted octanol–water partition coefficient (Wildman–Crippen LogP) is 2.11. The molecule has 0 aliphatic carbocycles. The Morgan fingerprint density at radius 1 is 1.44 bits per heavy atom. The first-order valence-electron chi connectivity index (χ1n) is 6.26. The van der Waals surface area contributed by atoms with E-state index in [0.717, 1.165) is 30.5 Å². The van der Waals surface area contributed by atoms with Crippen molar-refractivity contribution < 1.29 is 0 Å². The van der Waals surface area contributed by atoms with Gasteiger partial charge in [0.15, 0.2) is 0 Å². The van der Waals surface area contributed by atoms with Gasteiger partial charge >= 0.3 is 0 Å². The van der Waals surface area contributed by atoms with Gasteiger partial charge in [0.1, 0.15) is 5.82 Å². The third kappa shape index (κ3) is 2.00. The Morgan fingerprint density at radius 3 is 3.12 bits per heavy atom. The van der Waals surface area contributed by atoms with E-state index in [2.05, 4.69) is 22.5 Å². The fourth-order valence-corrected chi connectivity index (χ4v) is 4.00. The second-order valence-corrected chi connectivity index (χ2v) is 6.28. The van der Waals surface area contributed by atoms with Crippen LogP contribution in [0, 0.1) is 0 Å². The second-order valence-electron chi connectivity index (χ2n) is 4.87. The van der Waals surface area contributed by atoms with Crippen molar-refractivity contribution in [1.82, 2.24) is 9.55 Å². The lowest BCUT2D eigenvalue weighted by Gasteiger charge is -2.19. The maximum atomic E-state index is 6.08. The van der Waals surface area contributed by atoms with Gasteiger partial charge in [-0.2, -0.15) is 11.8 Å². The van der Waals surface area contributed by atoms with Crippen LogP contribution in [0.2, 0.25) is 0 Å². The van der Waals surface area contributed by atoms with Gasteiger partial charge in [-0.1, -0.05) is 0 Å². The molecule has 3 rings (SSSR count). The molecule has 2 unspecified atom stereocenters. The van der Waals surface area contributed by atoms with E-state index in [0.29, 0.717) is 0 Å². The number of rotatable bonds is 2. The van der Waals surface area contributed by atoms with E-state index in [4.69, 9.17) is 10.7 Å².